The Balaban J connectivity index is 2.42. The summed E-state index contributed by atoms with van der Waals surface area (Å²) in [7, 11) is 0. The SMILES string of the molecule is CC(=O)NCCC(=O)NC(C)(C(=O)O)C1CC1. The van der Waals surface area contributed by atoms with Crippen LogP contribution in [-0.4, -0.2) is 35.0 Å². The Labute approximate surface area is 99.8 Å². The van der Waals surface area contributed by atoms with Crippen molar-refractivity contribution >= 4 is 17.8 Å². The standard InChI is InChI=1S/C11H18N2O4/c1-7(14)12-6-5-9(15)13-11(2,10(16)17)8-3-4-8/h8H,3-6H2,1-2H3,(H,12,14)(H,13,15)(H,16,17). The largest absolute Gasteiger partial charge is 0.480 e. The van der Waals surface area contributed by atoms with E-state index in [1.165, 1.54) is 13.8 Å². The topological polar surface area (TPSA) is 95.5 Å². The van der Waals surface area contributed by atoms with Crippen molar-refractivity contribution in [3.8, 4) is 0 Å². The Morgan fingerprint density at radius 3 is 2.35 bits per heavy atom. The molecule has 0 bridgehead atoms. The van der Waals surface area contributed by atoms with Gasteiger partial charge in [0.25, 0.3) is 0 Å². The Bertz CT molecular complexity index is 338. The molecule has 0 aromatic heterocycles. The van der Waals surface area contributed by atoms with Crippen molar-refractivity contribution in [1.82, 2.24) is 10.6 Å². The van der Waals surface area contributed by atoms with Crippen molar-refractivity contribution < 1.29 is 19.5 Å². The first-order valence-corrected chi connectivity index (χ1v) is 5.65. The molecule has 6 nitrogen and oxygen atoms in total. The molecule has 0 heterocycles. The molecule has 96 valence electrons. The highest BCUT2D eigenvalue weighted by atomic mass is 16.4. The number of aliphatic carboxylic acids is 1. The van der Waals surface area contributed by atoms with Gasteiger partial charge in [-0.25, -0.2) is 4.79 Å². The number of hydrogen-bond donors (Lipinski definition) is 3. The first-order valence-electron chi connectivity index (χ1n) is 5.65. The van der Waals surface area contributed by atoms with Crippen LogP contribution in [0.4, 0.5) is 0 Å². The van der Waals surface area contributed by atoms with Crippen LogP contribution in [0.3, 0.4) is 0 Å². The Kier molecular flexibility index (Phi) is 4.09. The second-order valence-corrected chi connectivity index (χ2v) is 4.56. The number of carboxylic acids is 1. The summed E-state index contributed by atoms with van der Waals surface area (Å²) in [6, 6.07) is 0. The smallest absolute Gasteiger partial charge is 0.329 e. The lowest BCUT2D eigenvalue weighted by atomic mass is 9.96. The zero-order valence-corrected chi connectivity index (χ0v) is 10.1. The fourth-order valence-corrected chi connectivity index (χ4v) is 1.70. The summed E-state index contributed by atoms with van der Waals surface area (Å²) < 4.78 is 0. The minimum atomic E-state index is -1.17. The van der Waals surface area contributed by atoms with Crippen LogP contribution in [0.1, 0.15) is 33.1 Å². The van der Waals surface area contributed by atoms with Crippen LogP contribution < -0.4 is 10.6 Å². The summed E-state index contributed by atoms with van der Waals surface area (Å²) >= 11 is 0. The van der Waals surface area contributed by atoms with E-state index in [9.17, 15) is 14.4 Å². The highest BCUT2D eigenvalue weighted by Gasteiger charge is 2.48. The lowest BCUT2D eigenvalue weighted by Crippen LogP contribution is -2.54. The third-order valence-corrected chi connectivity index (χ3v) is 2.96. The predicted octanol–water partition coefficient (Wildman–Crippen LogP) is -0.118. The van der Waals surface area contributed by atoms with Gasteiger partial charge in [-0.3, -0.25) is 9.59 Å². The molecule has 6 heteroatoms. The van der Waals surface area contributed by atoms with Crippen LogP contribution in [-0.2, 0) is 14.4 Å². The number of rotatable bonds is 6. The number of amides is 2. The average Bonchev–Trinajstić information content (AvgIpc) is 2.99. The van der Waals surface area contributed by atoms with Crippen LogP contribution in [0.2, 0.25) is 0 Å². The quantitative estimate of drug-likeness (QED) is 0.605. The van der Waals surface area contributed by atoms with Crippen molar-refractivity contribution in [2.24, 2.45) is 5.92 Å². The number of carbonyl (C=O) groups excluding carboxylic acids is 2. The third-order valence-electron chi connectivity index (χ3n) is 2.96. The monoisotopic (exact) mass is 242 g/mol. The molecule has 1 fully saturated rings. The van der Waals surface area contributed by atoms with E-state index in [2.05, 4.69) is 10.6 Å². The molecule has 1 aliphatic carbocycles. The highest BCUT2D eigenvalue weighted by molar-refractivity contribution is 5.87. The van der Waals surface area contributed by atoms with Gasteiger partial charge in [-0.2, -0.15) is 0 Å². The predicted molar refractivity (Wildman–Crippen MR) is 60.2 cm³/mol. The maximum atomic E-state index is 11.6. The summed E-state index contributed by atoms with van der Waals surface area (Å²) in [5.74, 6) is -1.55. The fourth-order valence-electron chi connectivity index (χ4n) is 1.70. The van der Waals surface area contributed by atoms with Gasteiger partial charge in [-0.15, -0.1) is 0 Å². The summed E-state index contributed by atoms with van der Waals surface area (Å²) in [5.41, 5.74) is -1.17. The molecule has 1 saturated carbocycles. The molecule has 0 aromatic carbocycles. The summed E-state index contributed by atoms with van der Waals surface area (Å²) in [5, 5.41) is 14.1. The Morgan fingerprint density at radius 1 is 1.35 bits per heavy atom. The van der Waals surface area contributed by atoms with Gasteiger partial charge in [0, 0.05) is 19.9 Å². The van der Waals surface area contributed by atoms with Crippen LogP contribution in [0.15, 0.2) is 0 Å². The number of hydrogen-bond acceptors (Lipinski definition) is 3. The van der Waals surface area contributed by atoms with Crippen molar-refractivity contribution in [2.45, 2.75) is 38.6 Å². The first-order chi connectivity index (χ1) is 7.86. The van der Waals surface area contributed by atoms with Crippen LogP contribution in [0.5, 0.6) is 0 Å². The third kappa shape index (κ3) is 3.72. The maximum absolute atomic E-state index is 11.6. The van der Waals surface area contributed by atoms with E-state index in [0.29, 0.717) is 0 Å². The van der Waals surface area contributed by atoms with E-state index in [-0.39, 0.29) is 30.7 Å². The highest BCUT2D eigenvalue weighted by Crippen LogP contribution is 2.39. The number of carboxylic acid groups (broad SMARTS) is 1. The van der Waals surface area contributed by atoms with E-state index < -0.39 is 11.5 Å². The molecular weight excluding hydrogens is 224 g/mol. The molecule has 0 spiro atoms. The Morgan fingerprint density at radius 2 is 1.94 bits per heavy atom. The summed E-state index contributed by atoms with van der Waals surface area (Å²) in [6.07, 6.45) is 1.75. The lowest BCUT2D eigenvalue weighted by Gasteiger charge is -2.26. The van der Waals surface area contributed by atoms with Crippen molar-refractivity contribution in [2.75, 3.05) is 6.54 Å². The summed E-state index contributed by atoms with van der Waals surface area (Å²) in [4.78, 5) is 33.3. The number of nitrogens with one attached hydrogen (secondary N) is 2. The van der Waals surface area contributed by atoms with Gasteiger partial charge < -0.3 is 15.7 Å². The van der Waals surface area contributed by atoms with E-state index in [4.69, 9.17) is 5.11 Å². The molecule has 0 aromatic rings. The zero-order chi connectivity index (χ0) is 13.1. The van der Waals surface area contributed by atoms with Gasteiger partial charge in [-0.05, 0) is 25.7 Å². The van der Waals surface area contributed by atoms with Crippen molar-refractivity contribution in [3.63, 3.8) is 0 Å². The molecule has 1 rings (SSSR count). The van der Waals surface area contributed by atoms with E-state index >= 15 is 0 Å². The van der Waals surface area contributed by atoms with E-state index in [0.717, 1.165) is 12.8 Å². The van der Waals surface area contributed by atoms with E-state index in [1.54, 1.807) is 0 Å². The molecular formula is C11H18N2O4. The second kappa shape index (κ2) is 5.16. The molecule has 0 aliphatic heterocycles. The molecule has 0 radical (unpaired) electrons. The van der Waals surface area contributed by atoms with Gasteiger partial charge in [0.2, 0.25) is 11.8 Å². The van der Waals surface area contributed by atoms with Gasteiger partial charge in [0.05, 0.1) is 0 Å². The van der Waals surface area contributed by atoms with Gasteiger partial charge in [0.1, 0.15) is 5.54 Å². The average molecular weight is 242 g/mol. The summed E-state index contributed by atoms with van der Waals surface area (Å²) in [6.45, 7) is 3.12. The minimum Gasteiger partial charge on any atom is -0.480 e. The minimum absolute atomic E-state index is 0.0183. The zero-order valence-electron chi connectivity index (χ0n) is 10.1. The second-order valence-electron chi connectivity index (χ2n) is 4.56. The van der Waals surface area contributed by atoms with Crippen LogP contribution >= 0.6 is 0 Å². The van der Waals surface area contributed by atoms with Crippen LogP contribution in [0.25, 0.3) is 0 Å². The molecule has 17 heavy (non-hydrogen) atoms. The van der Waals surface area contributed by atoms with Gasteiger partial charge >= 0.3 is 5.97 Å². The molecule has 1 atom stereocenters. The molecule has 1 unspecified atom stereocenters. The van der Waals surface area contributed by atoms with Crippen LogP contribution in [0, 0.1) is 5.92 Å². The van der Waals surface area contributed by atoms with Crippen molar-refractivity contribution in [1.29, 1.82) is 0 Å². The molecule has 0 saturated heterocycles. The van der Waals surface area contributed by atoms with Gasteiger partial charge in [-0.1, -0.05) is 0 Å². The van der Waals surface area contributed by atoms with E-state index in [1.807, 2.05) is 0 Å². The molecule has 1 aliphatic rings. The lowest BCUT2D eigenvalue weighted by molar-refractivity contribution is -0.148. The van der Waals surface area contributed by atoms with Crippen molar-refractivity contribution in [3.05, 3.63) is 0 Å². The first kappa shape index (κ1) is 13.5. The molecule has 3 N–H and O–H groups in total. The normalized spacial score (nSPS) is 18.0. The Hall–Kier alpha value is -1.59. The number of carbonyl (C=O) groups is 3. The molecule has 2 amide bonds. The van der Waals surface area contributed by atoms with Gasteiger partial charge in [0.15, 0.2) is 0 Å². The maximum Gasteiger partial charge on any atom is 0.329 e. The fraction of sp³-hybridized carbons (Fsp3) is 0.727.